The number of hydrogen-bond donors (Lipinski definition) is 2. The molecule has 2 aromatic rings. The van der Waals surface area contributed by atoms with Crippen LogP contribution in [0.3, 0.4) is 0 Å². The number of hydrogen-bond acceptors (Lipinski definition) is 5. The zero-order valence-electron chi connectivity index (χ0n) is 14.2. The van der Waals surface area contributed by atoms with Gasteiger partial charge < -0.3 is 15.4 Å². The molecule has 0 aliphatic rings. The first-order valence-electron chi connectivity index (χ1n) is 8.09. The molecule has 0 amide bonds. The lowest BCUT2D eigenvalue weighted by molar-refractivity contribution is -0.384. The maximum Gasteiger partial charge on any atom is 0.338 e. The Morgan fingerprint density at radius 3 is 2.12 bits per heavy atom. The van der Waals surface area contributed by atoms with Crippen molar-refractivity contribution in [2.24, 2.45) is 0 Å². The number of carbonyl (C=O) groups is 1. The van der Waals surface area contributed by atoms with Crippen LogP contribution in [0.25, 0.3) is 0 Å². The van der Waals surface area contributed by atoms with Gasteiger partial charge in [-0.25, -0.2) is 4.79 Å². The lowest BCUT2D eigenvalue weighted by Gasteiger charge is -2.11. The van der Waals surface area contributed by atoms with Crippen molar-refractivity contribution in [3.05, 3.63) is 64.2 Å². The molecule has 0 fully saturated rings. The van der Waals surface area contributed by atoms with E-state index >= 15 is 0 Å². The van der Waals surface area contributed by atoms with E-state index in [9.17, 15) is 14.9 Å². The maximum absolute atomic E-state index is 11.8. The highest BCUT2D eigenvalue weighted by Gasteiger charge is 2.08. The monoisotopic (exact) mass is 373 g/mol. The number of rotatable bonds is 7. The van der Waals surface area contributed by atoms with Crippen LogP contribution in [0.15, 0.2) is 48.5 Å². The highest BCUT2D eigenvalue weighted by molar-refractivity contribution is 7.80. The molecule has 0 saturated carbocycles. The minimum Gasteiger partial charge on any atom is -0.462 e. The summed E-state index contributed by atoms with van der Waals surface area (Å²) >= 11 is 5.21. The van der Waals surface area contributed by atoms with E-state index in [0.29, 0.717) is 28.7 Å². The summed E-state index contributed by atoms with van der Waals surface area (Å²) in [5, 5.41) is 16.9. The number of non-ortho nitro benzene ring substituents is 1. The molecular formula is C18H19N3O4S. The minimum atomic E-state index is -0.463. The van der Waals surface area contributed by atoms with Gasteiger partial charge in [-0.1, -0.05) is 13.3 Å². The summed E-state index contributed by atoms with van der Waals surface area (Å²) in [5.41, 5.74) is 1.82. The summed E-state index contributed by atoms with van der Waals surface area (Å²) in [5.74, 6) is -0.350. The van der Waals surface area contributed by atoms with E-state index in [0.717, 1.165) is 12.8 Å². The van der Waals surface area contributed by atoms with Crippen LogP contribution in [0.5, 0.6) is 0 Å². The molecule has 2 aromatic carbocycles. The fourth-order valence-electron chi connectivity index (χ4n) is 2.04. The van der Waals surface area contributed by atoms with Crippen LogP contribution in [0, 0.1) is 10.1 Å². The number of nitro groups is 1. The van der Waals surface area contributed by atoms with Crippen LogP contribution >= 0.6 is 12.2 Å². The SMILES string of the molecule is CCCCOC(=O)c1ccc(NC(=S)Nc2ccc([N+](=O)[O-])cc2)cc1. The topological polar surface area (TPSA) is 93.5 Å². The lowest BCUT2D eigenvalue weighted by Crippen LogP contribution is -2.19. The quantitative estimate of drug-likeness (QED) is 0.245. The number of nitrogens with zero attached hydrogens (tertiary/aromatic N) is 1. The average molecular weight is 373 g/mol. The van der Waals surface area contributed by atoms with Gasteiger partial charge in [0.05, 0.1) is 17.1 Å². The molecule has 136 valence electrons. The summed E-state index contributed by atoms with van der Waals surface area (Å²) in [6, 6.07) is 12.7. The Hall–Kier alpha value is -3.00. The third-order valence-corrected chi connectivity index (χ3v) is 3.65. The Morgan fingerprint density at radius 2 is 1.62 bits per heavy atom. The van der Waals surface area contributed by atoms with Gasteiger partial charge >= 0.3 is 5.97 Å². The molecule has 0 heterocycles. The van der Waals surface area contributed by atoms with Crippen LogP contribution in [-0.4, -0.2) is 22.6 Å². The number of anilines is 2. The molecule has 0 aromatic heterocycles. The molecule has 0 atom stereocenters. The van der Waals surface area contributed by atoms with Crippen LogP contribution in [0.1, 0.15) is 30.1 Å². The Morgan fingerprint density at radius 1 is 1.08 bits per heavy atom. The molecule has 26 heavy (non-hydrogen) atoms. The van der Waals surface area contributed by atoms with Gasteiger partial charge in [0, 0.05) is 23.5 Å². The first kappa shape index (κ1) is 19.3. The Bertz CT molecular complexity index is 776. The first-order chi connectivity index (χ1) is 12.5. The fraction of sp³-hybridized carbons (Fsp3) is 0.222. The number of nitro benzene ring substituents is 1. The molecule has 2 rings (SSSR count). The highest BCUT2D eigenvalue weighted by atomic mass is 32.1. The Kier molecular flexibility index (Phi) is 7.04. The molecule has 0 aliphatic carbocycles. The standard InChI is InChI=1S/C18H19N3O4S/c1-2-3-12-25-17(22)13-4-6-14(7-5-13)19-18(26)20-15-8-10-16(11-9-15)21(23)24/h4-11H,2-3,12H2,1H3,(H2,19,20,26). The molecule has 0 aliphatic heterocycles. The Balaban J connectivity index is 1.88. The van der Waals surface area contributed by atoms with E-state index in [1.54, 1.807) is 36.4 Å². The summed E-state index contributed by atoms with van der Waals surface area (Å²) in [4.78, 5) is 22.0. The predicted octanol–water partition coefficient (Wildman–Crippen LogP) is 4.36. The van der Waals surface area contributed by atoms with Crippen molar-refractivity contribution >= 4 is 40.4 Å². The summed E-state index contributed by atoms with van der Waals surface area (Å²) in [7, 11) is 0. The third-order valence-electron chi connectivity index (χ3n) is 3.45. The van der Waals surface area contributed by atoms with Crippen molar-refractivity contribution in [1.29, 1.82) is 0 Å². The smallest absolute Gasteiger partial charge is 0.338 e. The fourth-order valence-corrected chi connectivity index (χ4v) is 2.28. The van der Waals surface area contributed by atoms with Crippen molar-refractivity contribution < 1.29 is 14.5 Å². The van der Waals surface area contributed by atoms with Crippen LogP contribution in [-0.2, 0) is 4.74 Å². The average Bonchev–Trinajstić information content (AvgIpc) is 2.62. The van der Waals surface area contributed by atoms with E-state index in [-0.39, 0.29) is 11.7 Å². The summed E-state index contributed by atoms with van der Waals surface area (Å²) in [6.45, 7) is 2.44. The summed E-state index contributed by atoms with van der Waals surface area (Å²) < 4.78 is 5.15. The number of unbranched alkanes of at least 4 members (excludes halogenated alkanes) is 1. The van der Waals surface area contributed by atoms with Crippen LogP contribution in [0.2, 0.25) is 0 Å². The van der Waals surface area contributed by atoms with Crippen molar-refractivity contribution in [3.63, 3.8) is 0 Å². The lowest BCUT2D eigenvalue weighted by atomic mass is 10.2. The van der Waals surface area contributed by atoms with E-state index in [2.05, 4.69) is 10.6 Å². The van der Waals surface area contributed by atoms with Crippen LogP contribution in [0.4, 0.5) is 17.1 Å². The molecule has 0 radical (unpaired) electrons. The Labute approximate surface area is 156 Å². The second-order valence-corrected chi connectivity index (χ2v) is 5.86. The maximum atomic E-state index is 11.8. The predicted molar refractivity (Wildman–Crippen MR) is 105 cm³/mol. The highest BCUT2D eigenvalue weighted by Crippen LogP contribution is 2.16. The van der Waals surface area contributed by atoms with Gasteiger partial charge in [0.1, 0.15) is 0 Å². The van der Waals surface area contributed by atoms with Crippen molar-refractivity contribution in [3.8, 4) is 0 Å². The zero-order chi connectivity index (χ0) is 18.9. The molecule has 7 nitrogen and oxygen atoms in total. The van der Waals surface area contributed by atoms with Crippen LogP contribution < -0.4 is 10.6 Å². The minimum absolute atomic E-state index is 0.0100. The number of esters is 1. The van der Waals surface area contributed by atoms with E-state index in [1.807, 2.05) is 6.92 Å². The largest absolute Gasteiger partial charge is 0.462 e. The number of thiocarbonyl (C=S) groups is 1. The van der Waals surface area contributed by atoms with E-state index < -0.39 is 4.92 Å². The van der Waals surface area contributed by atoms with E-state index in [4.69, 9.17) is 17.0 Å². The zero-order valence-corrected chi connectivity index (χ0v) is 15.0. The number of benzene rings is 2. The molecule has 2 N–H and O–H groups in total. The van der Waals surface area contributed by atoms with Gasteiger partial charge in [-0.05, 0) is 55.0 Å². The van der Waals surface area contributed by atoms with Crippen molar-refractivity contribution in [2.75, 3.05) is 17.2 Å². The normalized spacial score (nSPS) is 10.0. The number of nitrogens with one attached hydrogen (secondary N) is 2. The second kappa shape index (κ2) is 9.47. The summed E-state index contributed by atoms with van der Waals surface area (Å²) in [6.07, 6.45) is 1.81. The molecular weight excluding hydrogens is 354 g/mol. The van der Waals surface area contributed by atoms with E-state index in [1.165, 1.54) is 12.1 Å². The van der Waals surface area contributed by atoms with Crippen molar-refractivity contribution in [2.45, 2.75) is 19.8 Å². The van der Waals surface area contributed by atoms with Gasteiger partial charge in [-0.3, -0.25) is 10.1 Å². The van der Waals surface area contributed by atoms with Gasteiger partial charge in [0.2, 0.25) is 0 Å². The van der Waals surface area contributed by atoms with Crippen molar-refractivity contribution in [1.82, 2.24) is 0 Å². The van der Waals surface area contributed by atoms with Gasteiger partial charge in [-0.2, -0.15) is 0 Å². The number of ether oxygens (including phenoxy) is 1. The number of carbonyl (C=O) groups excluding carboxylic acids is 1. The van der Waals surface area contributed by atoms with Gasteiger partial charge in [0.15, 0.2) is 5.11 Å². The van der Waals surface area contributed by atoms with Gasteiger partial charge in [-0.15, -0.1) is 0 Å². The molecule has 0 saturated heterocycles. The third kappa shape index (κ3) is 5.82. The molecule has 0 spiro atoms. The van der Waals surface area contributed by atoms with Gasteiger partial charge in [0.25, 0.3) is 5.69 Å². The molecule has 0 unspecified atom stereocenters. The first-order valence-corrected chi connectivity index (χ1v) is 8.50. The second-order valence-electron chi connectivity index (χ2n) is 5.45. The molecule has 8 heteroatoms. The molecule has 0 bridgehead atoms.